The molecule has 10 nitrogen and oxygen atoms in total. The van der Waals surface area contributed by atoms with E-state index in [1.54, 1.807) is 15.6 Å². The maximum atomic E-state index is 15.8. The summed E-state index contributed by atoms with van der Waals surface area (Å²) in [4.78, 5) is 39.8. The van der Waals surface area contributed by atoms with Gasteiger partial charge in [0.15, 0.2) is 0 Å². The van der Waals surface area contributed by atoms with E-state index in [4.69, 9.17) is 14.2 Å². The van der Waals surface area contributed by atoms with Crippen LogP contribution in [0.4, 0.5) is 9.18 Å². The Kier molecular flexibility index (Phi) is 6.76. The molecule has 4 heterocycles. The first-order chi connectivity index (χ1) is 19.0. The molecular weight excluding hydrogens is 576 g/mol. The van der Waals surface area contributed by atoms with Crippen LogP contribution in [0.5, 0.6) is 5.75 Å². The summed E-state index contributed by atoms with van der Waals surface area (Å²) in [6.45, 7) is 0.130. The Bertz CT molecular complexity index is 1510. The van der Waals surface area contributed by atoms with E-state index in [0.717, 1.165) is 22.7 Å². The zero-order chi connectivity index (χ0) is 27.1. The molecule has 0 bridgehead atoms. The van der Waals surface area contributed by atoms with Crippen LogP contribution in [-0.2, 0) is 19.5 Å². The van der Waals surface area contributed by atoms with E-state index in [0.29, 0.717) is 17.5 Å². The fraction of sp³-hybridized carbons (Fsp3) is 0.296. The third-order valence-corrected chi connectivity index (χ3v) is 9.37. The van der Waals surface area contributed by atoms with E-state index in [2.05, 4.69) is 10.8 Å². The zero-order valence-corrected chi connectivity index (χ0v) is 22.6. The number of amides is 1. The van der Waals surface area contributed by atoms with Gasteiger partial charge in [-0.3, -0.25) is 0 Å². The van der Waals surface area contributed by atoms with Crippen molar-refractivity contribution in [1.29, 1.82) is 0 Å². The van der Waals surface area contributed by atoms with Crippen molar-refractivity contribution in [3.05, 3.63) is 93.2 Å². The van der Waals surface area contributed by atoms with Crippen molar-refractivity contribution in [2.45, 2.75) is 17.5 Å². The number of rotatable bonds is 4. The molecule has 0 spiro atoms. The van der Waals surface area contributed by atoms with Crippen LogP contribution >= 0.6 is 0 Å². The molecule has 202 valence electrons. The van der Waals surface area contributed by atoms with Crippen LogP contribution in [0.2, 0.25) is 0 Å². The number of hydrogen-bond acceptors (Lipinski definition) is 8. The van der Waals surface area contributed by atoms with Crippen LogP contribution in [-0.4, -0.2) is 76.4 Å². The van der Waals surface area contributed by atoms with Crippen molar-refractivity contribution in [3.8, 4) is 5.75 Å². The number of carbonyl (C=O) groups is 2. The average Bonchev–Trinajstić information content (AvgIpc) is 3.12. The predicted octanol–water partition coefficient (Wildman–Crippen LogP) is 1.49. The molecule has 3 aliphatic heterocycles. The maximum absolute atomic E-state index is 15.8. The summed E-state index contributed by atoms with van der Waals surface area (Å²) < 4.78 is 39.1. The van der Waals surface area contributed by atoms with Gasteiger partial charge in [0.05, 0.1) is 7.11 Å². The molecule has 2 atom stereocenters. The molecule has 1 amide bonds. The van der Waals surface area contributed by atoms with Gasteiger partial charge in [-0.25, -0.2) is 0 Å². The molecule has 0 N–H and O–H groups in total. The van der Waals surface area contributed by atoms with Crippen molar-refractivity contribution in [2.75, 3.05) is 38.7 Å². The molecule has 1 saturated heterocycles. The van der Waals surface area contributed by atoms with Crippen LogP contribution in [0.25, 0.3) is 0 Å². The van der Waals surface area contributed by atoms with Crippen LogP contribution < -0.4 is 19.6 Å². The summed E-state index contributed by atoms with van der Waals surface area (Å²) in [5.74, 6) is -1.07. The van der Waals surface area contributed by atoms with Crippen molar-refractivity contribution >= 4 is 31.5 Å². The summed E-state index contributed by atoms with van der Waals surface area (Å²) in [5, 5.41) is 2.60. The van der Waals surface area contributed by atoms with E-state index in [9.17, 15) is 14.4 Å². The first-order valence-electron chi connectivity index (χ1n) is 12.2. The summed E-state index contributed by atoms with van der Waals surface area (Å²) >= 11 is 0.0497. The Balaban J connectivity index is 1.57. The van der Waals surface area contributed by atoms with Gasteiger partial charge in [-0.1, -0.05) is 0 Å². The van der Waals surface area contributed by atoms with E-state index in [1.807, 2.05) is 29.3 Å². The molecular formula is C27H24FN3O7Se. The number of pyridine rings is 1. The molecule has 2 aromatic carbocycles. The number of halogens is 1. The molecule has 6 rings (SSSR count). The zero-order valence-electron chi connectivity index (χ0n) is 20.9. The number of hydrogen-bond donors (Lipinski definition) is 0. The van der Waals surface area contributed by atoms with Crippen LogP contribution in [0.1, 0.15) is 33.2 Å². The van der Waals surface area contributed by atoms with Crippen LogP contribution in [0.15, 0.2) is 59.5 Å². The van der Waals surface area contributed by atoms with Gasteiger partial charge in [0, 0.05) is 0 Å². The van der Waals surface area contributed by atoms with Gasteiger partial charge in [-0.15, -0.1) is 0 Å². The molecule has 12 heteroatoms. The Morgan fingerprint density at radius 3 is 2.85 bits per heavy atom. The standard InChI is InChI=1S/C27H24FN3O7Se/c1-35-27(34)38-15-37-25-19(32)9-10-30-24(25)26(33)29-11-12-36-13-21(29)31(30)23-17-6-2-3-8-20(17)39-14-16-5-4-7-18(28)22(16)23/h2-10,21,23H,11-15H2,1H3/t21-,23-/m1/s1. The molecule has 1 aromatic heterocycles. The monoisotopic (exact) mass is 601 g/mol. The second-order valence-electron chi connectivity index (χ2n) is 9.04. The van der Waals surface area contributed by atoms with Crippen molar-refractivity contribution in [2.24, 2.45) is 0 Å². The number of benzene rings is 2. The van der Waals surface area contributed by atoms with Crippen molar-refractivity contribution in [3.63, 3.8) is 0 Å². The second-order valence-corrected chi connectivity index (χ2v) is 11.2. The average molecular weight is 600 g/mol. The van der Waals surface area contributed by atoms with Gasteiger partial charge in [0.1, 0.15) is 0 Å². The predicted molar refractivity (Wildman–Crippen MR) is 137 cm³/mol. The number of aromatic nitrogens is 1. The topological polar surface area (TPSA) is 99.5 Å². The number of fused-ring (bicyclic) bond motifs is 4. The van der Waals surface area contributed by atoms with Gasteiger partial charge in [-0.2, -0.15) is 0 Å². The Morgan fingerprint density at radius 1 is 1.15 bits per heavy atom. The number of methoxy groups -OCH3 is 1. The molecule has 0 radical (unpaired) electrons. The Morgan fingerprint density at radius 2 is 2.00 bits per heavy atom. The molecule has 3 aliphatic rings. The van der Waals surface area contributed by atoms with E-state index in [-0.39, 0.29) is 45.4 Å². The van der Waals surface area contributed by atoms with E-state index < -0.39 is 36.5 Å². The molecule has 1 fully saturated rings. The van der Waals surface area contributed by atoms with Crippen molar-refractivity contribution in [1.82, 2.24) is 9.58 Å². The number of carbonyl (C=O) groups excluding carboxylic acids is 2. The van der Waals surface area contributed by atoms with Gasteiger partial charge >= 0.3 is 222 Å². The Hall–Kier alpha value is -3.86. The summed E-state index contributed by atoms with van der Waals surface area (Å²) in [6.07, 6.45) is -0.0871. The van der Waals surface area contributed by atoms with Gasteiger partial charge in [0.2, 0.25) is 0 Å². The first-order valence-corrected chi connectivity index (χ1v) is 14.3. The van der Waals surface area contributed by atoms with Gasteiger partial charge in [0.25, 0.3) is 0 Å². The van der Waals surface area contributed by atoms with Crippen molar-refractivity contribution < 1.29 is 32.9 Å². The number of morpholine rings is 1. The van der Waals surface area contributed by atoms with Crippen LogP contribution in [0.3, 0.4) is 0 Å². The SMILES string of the molecule is COC(=O)OCOc1c2n(ccc1=O)N([C@@H]1c3ccccc3[Se]Cc3cccc(F)c31)[C@@H]1COCCN1C2=O. The third-order valence-electron chi connectivity index (χ3n) is 6.98. The van der Waals surface area contributed by atoms with E-state index in [1.165, 1.54) is 18.3 Å². The minimum atomic E-state index is -0.995. The molecule has 0 aliphatic carbocycles. The summed E-state index contributed by atoms with van der Waals surface area (Å²) in [5.41, 5.74) is 1.72. The third kappa shape index (κ3) is 4.34. The van der Waals surface area contributed by atoms with Crippen LogP contribution in [0, 0.1) is 5.82 Å². The number of ether oxygens (including phenoxy) is 4. The Labute approximate surface area is 228 Å². The summed E-state index contributed by atoms with van der Waals surface area (Å²) in [7, 11) is 1.14. The van der Waals surface area contributed by atoms with Gasteiger partial charge in [-0.05, 0) is 0 Å². The second kappa shape index (κ2) is 10.4. The minimum absolute atomic E-state index is 0.0424. The molecule has 3 aromatic rings. The molecule has 0 unspecified atom stereocenters. The molecule has 39 heavy (non-hydrogen) atoms. The summed E-state index contributed by atoms with van der Waals surface area (Å²) in [6, 6.07) is 13.7. The normalized spacial score (nSPS) is 19.7. The quantitative estimate of drug-likeness (QED) is 0.253. The fourth-order valence-corrected chi connectivity index (χ4v) is 7.57. The van der Waals surface area contributed by atoms with Gasteiger partial charge < -0.3 is 0 Å². The first kappa shape index (κ1) is 25.4. The molecule has 0 saturated carbocycles. The van der Waals surface area contributed by atoms with E-state index >= 15 is 4.39 Å². The number of nitrogens with zero attached hydrogens (tertiary/aromatic N) is 3. The fourth-order valence-electron chi connectivity index (χ4n) is 5.29.